The molecule has 1 fully saturated rings. The third-order valence-electron chi connectivity index (χ3n) is 6.53. The highest BCUT2D eigenvalue weighted by Crippen LogP contribution is 2.26. The van der Waals surface area contributed by atoms with Crippen LogP contribution in [0.1, 0.15) is 25.3 Å². The number of ether oxygens (including phenoxy) is 2. The molecule has 3 heterocycles. The number of carbonyl (C=O) groups excluding carboxylic acids is 1. The lowest BCUT2D eigenvalue weighted by Gasteiger charge is -2.33. The molecule has 1 aliphatic rings. The molecule has 2 aromatic carbocycles. The molecule has 1 aliphatic heterocycles. The summed E-state index contributed by atoms with van der Waals surface area (Å²) in [6, 6.07) is 16.7. The van der Waals surface area contributed by atoms with Crippen LogP contribution in [0.15, 0.2) is 88.9 Å². The van der Waals surface area contributed by atoms with Gasteiger partial charge < -0.3 is 19.4 Å². The van der Waals surface area contributed by atoms with Gasteiger partial charge >= 0.3 is 5.97 Å². The van der Waals surface area contributed by atoms with Gasteiger partial charge in [-0.05, 0) is 48.0 Å². The average molecular weight is 576 g/mol. The van der Waals surface area contributed by atoms with Crippen molar-refractivity contribution >= 4 is 27.4 Å². The molecular formula is C29H29N5O6S. The lowest BCUT2D eigenvalue weighted by atomic mass is 10.1. The molecular weight excluding hydrogens is 546 g/mol. The number of hydrogen-bond acceptors (Lipinski definition) is 9. The molecule has 0 unspecified atom stereocenters. The number of anilines is 2. The number of hydrogen-bond donors (Lipinski definition) is 2. The Morgan fingerprint density at radius 1 is 1.05 bits per heavy atom. The summed E-state index contributed by atoms with van der Waals surface area (Å²) in [6.45, 7) is 3.05. The van der Waals surface area contributed by atoms with Gasteiger partial charge in [-0.1, -0.05) is 12.1 Å². The second-order valence-corrected chi connectivity index (χ2v) is 11.3. The summed E-state index contributed by atoms with van der Waals surface area (Å²) in [5.41, 5.74) is 2.42. The van der Waals surface area contributed by atoms with Crippen molar-refractivity contribution in [1.82, 2.24) is 15.0 Å². The fourth-order valence-electron chi connectivity index (χ4n) is 4.52. The number of aromatic amines is 1. The topological polar surface area (TPSA) is 144 Å². The molecule has 0 aliphatic carbocycles. The Bertz CT molecular complexity index is 1670. The molecule has 4 aromatic rings. The molecule has 0 radical (unpaired) electrons. The van der Waals surface area contributed by atoms with E-state index in [9.17, 15) is 18.0 Å². The van der Waals surface area contributed by atoms with Crippen molar-refractivity contribution in [3.8, 4) is 17.1 Å². The molecule has 5 rings (SSSR count). The molecule has 0 amide bonds. The lowest BCUT2D eigenvalue weighted by Crippen LogP contribution is -2.37. The maximum Gasteiger partial charge on any atom is 0.302 e. The Kier molecular flexibility index (Phi) is 8.29. The zero-order chi connectivity index (χ0) is 28.8. The number of nitrogens with one attached hydrogen (secondary N) is 2. The van der Waals surface area contributed by atoms with E-state index in [1.54, 1.807) is 60.8 Å². The number of piperidine rings is 1. The van der Waals surface area contributed by atoms with E-state index in [0.29, 0.717) is 28.4 Å². The van der Waals surface area contributed by atoms with Crippen LogP contribution in [0, 0.1) is 0 Å². The van der Waals surface area contributed by atoms with Gasteiger partial charge in [-0.2, -0.15) is 0 Å². The van der Waals surface area contributed by atoms with E-state index >= 15 is 0 Å². The van der Waals surface area contributed by atoms with E-state index in [1.807, 2.05) is 0 Å². The van der Waals surface area contributed by atoms with Crippen LogP contribution in [0.5, 0.6) is 5.75 Å². The molecule has 11 nitrogen and oxygen atoms in total. The fourth-order valence-corrected chi connectivity index (χ4v) is 5.57. The molecule has 1 saturated heterocycles. The first kappa shape index (κ1) is 27.8. The van der Waals surface area contributed by atoms with Crippen molar-refractivity contribution in [3.63, 3.8) is 0 Å². The largest absolute Gasteiger partial charge is 0.486 e. The number of pyridine rings is 1. The van der Waals surface area contributed by atoms with Crippen molar-refractivity contribution in [2.24, 2.45) is 0 Å². The number of esters is 1. The van der Waals surface area contributed by atoms with Crippen molar-refractivity contribution in [2.75, 3.05) is 22.7 Å². The van der Waals surface area contributed by atoms with Crippen LogP contribution in [0.2, 0.25) is 0 Å². The summed E-state index contributed by atoms with van der Waals surface area (Å²) in [7, 11) is -3.84. The number of rotatable bonds is 9. The van der Waals surface area contributed by atoms with E-state index in [4.69, 9.17) is 9.47 Å². The number of aromatic nitrogens is 3. The van der Waals surface area contributed by atoms with Crippen molar-refractivity contribution in [1.29, 1.82) is 0 Å². The highest BCUT2D eigenvalue weighted by molar-refractivity contribution is 7.92. The maximum absolute atomic E-state index is 13.1. The van der Waals surface area contributed by atoms with Gasteiger partial charge in [0, 0.05) is 62.1 Å². The van der Waals surface area contributed by atoms with Crippen molar-refractivity contribution < 1.29 is 22.7 Å². The number of nitrogens with zero attached hydrogens (tertiary/aromatic N) is 3. The molecule has 0 spiro atoms. The van der Waals surface area contributed by atoms with Crippen LogP contribution in [0.3, 0.4) is 0 Å². The molecule has 2 N–H and O–H groups in total. The summed E-state index contributed by atoms with van der Waals surface area (Å²) in [5, 5.41) is 0. The Hall–Kier alpha value is -4.71. The normalized spacial score (nSPS) is 13.9. The van der Waals surface area contributed by atoms with Crippen LogP contribution < -0.4 is 19.9 Å². The van der Waals surface area contributed by atoms with Gasteiger partial charge in [0.1, 0.15) is 12.7 Å². The number of sulfonamides is 1. The lowest BCUT2D eigenvalue weighted by molar-refractivity contribution is -0.147. The van der Waals surface area contributed by atoms with Gasteiger partial charge in [-0.3, -0.25) is 14.3 Å². The first-order valence-corrected chi connectivity index (χ1v) is 14.5. The molecule has 212 valence electrons. The SMILES string of the molecule is CC(=O)OC1CCN(c2ccc(S(=O)(=O)Nc3cccc(-c4ncc(OCc5cc[nH]c(=O)c5)cn4)c3)cc2)CC1. The minimum absolute atomic E-state index is 0.0761. The number of carbonyl (C=O) groups is 1. The first-order chi connectivity index (χ1) is 19.7. The van der Waals surface area contributed by atoms with E-state index in [-0.39, 0.29) is 29.1 Å². The van der Waals surface area contributed by atoms with E-state index in [1.165, 1.54) is 25.4 Å². The van der Waals surface area contributed by atoms with Crippen LogP contribution >= 0.6 is 0 Å². The van der Waals surface area contributed by atoms with Crippen LogP contribution in [-0.4, -0.2) is 48.5 Å². The third-order valence-corrected chi connectivity index (χ3v) is 7.93. The molecule has 0 atom stereocenters. The van der Waals surface area contributed by atoms with Gasteiger partial charge in [0.2, 0.25) is 5.56 Å². The molecule has 41 heavy (non-hydrogen) atoms. The molecule has 0 saturated carbocycles. The Balaban J connectivity index is 1.20. The van der Waals surface area contributed by atoms with Crippen LogP contribution in [-0.2, 0) is 26.2 Å². The minimum atomic E-state index is -3.84. The zero-order valence-corrected chi connectivity index (χ0v) is 23.1. The summed E-state index contributed by atoms with van der Waals surface area (Å²) in [6.07, 6.45) is 5.98. The molecule has 0 bridgehead atoms. The van der Waals surface area contributed by atoms with Gasteiger partial charge in [0.15, 0.2) is 11.6 Å². The van der Waals surface area contributed by atoms with E-state index in [2.05, 4.69) is 24.6 Å². The van der Waals surface area contributed by atoms with Crippen LogP contribution in [0.25, 0.3) is 11.4 Å². The monoisotopic (exact) mass is 575 g/mol. The molecule has 2 aromatic heterocycles. The summed E-state index contributed by atoms with van der Waals surface area (Å²) < 4.78 is 39.8. The van der Waals surface area contributed by atoms with E-state index in [0.717, 1.165) is 31.6 Å². The summed E-state index contributed by atoms with van der Waals surface area (Å²) in [5.74, 6) is 0.561. The highest BCUT2D eigenvalue weighted by atomic mass is 32.2. The Morgan fingerprint density at radius 3 is 2.46 bits per heavy atom. The van der Waals surface area contributed by atoms with E-state index < -0.39 is 10.0 Å². The Morgan fingerprint density at radius 2 is 1.78 bits per heavy atom. The highest BCUT2D eigenvalue weighted by Gasteiger charge is 2.22. The third kappa shape index (κ3) is 7.28. The average Bonchev–Trinajstić information content (AvgIpc) is 2.96. The minimum Gasteiger partial charge on any atom is -0.486 e. The summed E-state index contributed by atoms with van der Waals surface area (Å²) >= 11 is 0. The molecule has 12 heteroatoms. The Labute approximate surface area is 237 Å². The second-order valence-electron chi connectivity index (χ2n) is 9.57. The fraction of sp³-hybridized carbons (Fsp3) is 0.241. The summed E-state index contributed by atoms with van der Waals surface area (Å²) in [4.78, 5) is 36.1. The van der Waals surface area contributed by atoms with Gasteiger partial charge in [-0.25, -0.2) is 18.4 Å². The van der Waals surface area contributed by atoms with Crippen LogP contribution in [0.4, 0.5) is 11.4 Å². The van der Waals surface area contributed by atoms with Crippen molar-refractivity contribution in [2.45, 2.75) is 37.4 Å². The predicted molar refractivity (Wildman–Crippen MR) is 153 cm³/mol. The predicted octanol–water partition coefficient (Wildman–Crippen LogP) is 3.74. The smallest absolute Gasteiger partial charge is 0.302 e. The van der Waals surface area contributed by atoms with Gasteiger partial charge in [0.05, 0.1) is 17.3 Å². The second kappa shape index (κ2) is 12.2. The van der Waals surface area contributed by atoms with Crippen molar-refractivity contribution in [3.05, 3.63) is 95.2 Å². The zero-order valence-electron chi connectivity index (χ0n) is 22.3. The van der Waals surface area contributed by atoms with Gasteiger partial charge in [0.25, 0.3) is 10.0 Å². The standard InChI is InChI=1S/C29H29N5O6S/c1-20(35)40-25-10-13-34(14-11-25)24-5-7-27(8-6-24)41(37,38)33-23-4-2-3-22(16-23)29-31-17-26(18-32-29)39-19-21-9-12-30-28(36)15-21/h2-9,12,15-18,25,33H,10-11,13-14,19H2,1H3,(H,30,36). The quantitative estimate of drug-likeness (QED) is 0.285. The number of H-pyrrole nitrogens is 1. The number of benzene rings is 2. The maximum atomic E-state index is 13.1. The van der Waals surface area contributed by atoms with Gasteiger partial charge in [-0.15, -0.1) is 0 Å². The first-order valence-electron chi connectivity index (χ1n) is 13.0.